The number of allylic oxidation sites excluding steroid dienone is 1. The van der Waals surface area contributed by atoms with Gasteiger partial charge in [-0.15, -0.1) is 0 Å². The molecule has 0 radical (unpaired) electrons. The standard InChI is InChI=1S/C24H20O7/c1-13-5-7-16(29-13)12-21-22(25)17-8-10-18(14(2)23(17)30-21)31-24(26)15-6-9-19(27-3)20(11-15)28-4/h5-12H,1-4H3/b21-12-. The van der Waals surface area contributed by atoms with E-state index in [1.54, 1.807) is 49.4 Å². The van der Waals surface area contributed by atoms with Crippen molar-refractivity contribution in [3.63, 3.8) is 0 Å². The molecule has 0 unspecified atom stereocenters. The molecule has 3 aromatic rings. The highest BCUT2D eigenvalue weighted by Gasteiger charge is 2.31. The summed E-state index contributed by atoms with van der Waals surface area (Å²) in [6.07, 6.45) is 1.55. The lowest BCUT2D eigenvalue weighted by atomic mass is 10.1. The first kappa shape index (κ1) is 20.3. The van der Waals surface area contributed by atoms with Gasteiger partial charge in [-0.05, 0) is 56.3 Å². The molecule has 2 aromatic carbocycles. The van der Waals surface area contributed by atoms with E-state index in [9.17, 15) is 9.59 Å². The van der Waals surface area contributed by atoms with Crippen molar-refractivity contribution in [2.75, 3.05) is 14.2 Å². The number of aryl methyl sites for hydroxylation is 1. The van der Waals surface area contributed by atoms with Crippen LogP contribution in [0.2, 0.25) is 0 Å². The molecule has 0 bridgehead atoms. The Balaban J connectivity index is 1.59. The Morgan fingerprint density at radius 2 is 1.68 bits per heavy atom. The number of furan rings is 1. The molecular formula is C24H20O7. The molecule has 31 heavy (non-hydrogen) atoms. The van der Waals surface area contributed by atoms with Crippen LogP contribution in [-0.2, 0) is 0 Å². The van der Waals surface area contributed by atoms with Crippen molar-refractivity contribution in [2.45, 2.75) is 13.8 Å². The fraction of sp³-hybridized carbons (Fsp3) is 0.167. The highest BCUT2D eigenvalue weighted by molar-refractivity contribution is 6.14. The fourth-order valence-corrected chi connectivity index (χ4v) is 3.26. The minimum atomic E-state index is -0.574. The Hall–Kier alpha value is -4.00. The zero-order chi connectivity index (χ0) is 22.1. The number of esters is 1. The lowest BCUT2D eigenvalue weighted by Crippen LogP contribution is -2.10. The third kappa shape index (κ3) is 3.77. The Labute approximate surface area is 178 Å². The van der Waals surface area contributed by atoms with Crippen LogP contribution in [-0.4, -0.2) is 26.0 Å². The molecule has 0 saturated carbocycles. The maximum atomic E-state index is 12.7. The smallest absolute Gasteiger partial charge is 0.343 e. The molecule has 0 fully saturated rings. The molecule has 2 heterocycles. The van der Waals surface area contributed by atoms with Crippen molar-refractivity contribution >= 4 is 17.8 Å². The summed E-state index contributed by atoms with van der Waals surface area (Å²) in [6, 6.07) is 11.5. The van der Waals surface area contributed by atoms with Crippen LogP contribution in [0.3, 0.4) is 0 Å². The molecule has 7 nitrogen and oxygen atoms in total. The van der Waals surface area contributed by atoms with Crippen LogP contribution >= 0.6 is 0 Å². The van der Waals surface area contributed by atoms with Gasteiger partial charge in [0.15, 0.2) is 17.3 Å². The Kier molecular flexibility index (Phi) is 5.25. The second-order valence-electron chi connectivity index (χ2n) is 6.91. The molecule has 1 aromatic heterocycles. The lowest BCUT2D eigenvalue weighted by Gasteiger charge is -2.12. The number of methoxy groups -OCH3 is 2. The maximum absolute atomic E-state index is 12.7. The van der Waals surface area contributed by atoms with Gasteiger partial charge in [0.1, 0.15) is 23.0 Å². The minimum absolute atomic E-state index is 0.149. The molecule has 0 amide bonds. The lowest BCUT2D eigenvalue weighted by molar-refractivity contribution is 0.0732. The highest BCUT2D eigenvalue weighted by atomic mass is 16.5. The fourth-order valence-electron chi connectivity index (χ4n) is 3.26. The number of hydrogen-bond acceptors (Lipinski definition) is 7. The number of carbonyl (C=O) groups is 2. The van der Waals surface area contributed by atoms with E-state index in [0.29, 0.717) is 45.4 Å². The molecule has 7 heteroatoms. The molecule has 0 N–H and O–H groups in total. The highest BCUT2D eigenvalue weighted by Crippen LogP contribution is 2.39. The second kappa shape index (κ2) is 8.02. The second-order valence-corrected chi connectivity index (χ2v) is 6.91. The van der Waals surface area contributed by atoms with Gasteiger partial charge in [-0.1, -0.05) is 0 Å². The van der Waals surface area contributed by atoms with E-state index >= 15 is 0 Å². The van der Waals surface area contributed by atoms with Crippen molar-refractivity contribution in [1.29, 1.82) is 0 Å². The molecule has 0 atom stereocenters. The third-order valence-electron chi connectivity index (χ3n) is 4.89. The first-order chi connectivity index (χ1) is 14.9. The van der Waals surface area contributed by atoms with Crippen LogP contribution in [0.5, 0.6) is 23.0 Å². The number of hydrogen-bond donors (Lipinski definition) is 0. The SMILES string of the molecule is COc1ccc(C(=O)Oc2ccc3c(c2C)O/C(=C\c2ccc(C)o2)C3=O)cc1OC. The quantitative estimate of drug-likeness (QED) is 0.335. The normalized spacial score (nSPS) is 13.7. The van der Waals surface area contributed by atoms with E-state index in [0.717, 1.165) is 5.76 Å². The van der Waals surface area contributed by atoms with Gasteiger partial charge in [0, 0.05) is 11.6 Å². The summed E-state index contributed by atoms with van der Waals surface area (Å²) >= 11 is 0. The first-order valence-corrected chi connectivity index (χ1v) is 9.49. The van der Waals surface area contributed by atoms with E-state index < -0.39 is 5.97 Å². The predicted molar refractivity (Wildman–Crippen MR) is 112 cm³/mol. The van der Waals surface area contributed by atoms with Crippen LogP contribution in [0.4, 0.5) is 0 Å². The van der Waals surface area contributed by atoms with Crippen LogP contribution in [0.25, 0.3) is 6.08 Å². The summed E-state index contributed by atoms with van der Waals surface area (Å²) in [5.41, 5.74) is 1.24. The van der Waals surface area contributed by atoms with Crippen molar-refractivity contribution in [2.24, 2.45) is 0 Å². The number of ketones is 1. The van der Waals surface area contributed by atoms with E-state index in [4.69, 9.17) is 23.4 Å². The zero-order valence-corrected chi connectivity index (χ0v) is 17.5. The van der Waals surface area contributed by atoms with Gasteiger partial charge in [0.25, 0.3) is 0 Å². The molecule has 158 valence electrons. The average molecular weight is 420 g/mol. The van der Waals surface area contributed by atoms with Gasteiger partial charge in [-0.2, -0.15) is 0 Å². The summed E-state index contributed by atoms with van der Waals surface area (Å²) in [7, 11) is 3.00. The molecule has 0 saturated heterocycles. The van der Waals surface area contributed by atoms with Crippen LogP contribution in [0, 0.1) is 13.8 Å². The first-order valence-electron chi connectivity index (χ1n) is 9.49. The van der Waals surface area contributed by atoms with E-state index in [1.165, 1.54) is 20.3 Å². The monoisotopic (exact) mass is 420 g/mol. The summed E-state index contributed by atoms with van der Waals surface area (Å²) in [5.74, 6) is 2.14. The van der Waals surface area contributed by atoms with Gasteiger partial charge in [-0.25, -0.2) is 4.79 Å². The Bertz CT molecular complexity index is 1220. The number of Topliss-reactive ketones (excluding diaryl/α,β-unsaturated/α-hetero) is 1. The number of ether oxygens (including phenoxy) is 4. The van der Waals surface area contributed by atoms with Crippen LogP contribution in [0.15, 0.2) is 52.6 Å². The average Bonchev–Trinajstić information content (AvgIpc) is 3.32. The molecule has 1 aliphatic rings. The third-order valence-corrected chi connectivity index (χ3v) is 4.89. The van der Waals surface area contributed by atoms with Gasteiger partial charge < -0.3 is 23.4 Å². The summed E-state index contributed by atoms with van der Waals surface area (Å²) < 4.78 is 27.2. The minimum Gasteiger partial charge on any atom is -0.493 e. The predicted octanol–water partition coefficient (Wildman–Crippen LogP) is 4.75. The molecular weight excluding hydrogens is 400 g/mol. The number of fused-ring (bicyclic) bond motifs is 1. The van der Waals surface area contributed by atoms with Crippen molar-refractivity contribution < 1.29 is 33.0 Å². The Morgan fingerprint density at radius 3 is 2.35 bits per heavy atom. The van der Waals surface area contributed by atoms with E-state index in [2.05, 4.69) is 0 Å². The van der Waals surface area contributed by atoms with Crippen molar-refractivity contribution in [3.8, 4) is 23.0 Å². The van der Waals surface area contributed by atoms with Gasteiger partial charge in [0.2, 0.25) is 5.78 Å². The number of rotatable bonds is 5. The largest absolute Gasteiger partial charge is 0.493 e. The van der Waals surface area contributed by atoms with Crippen LogP contribution < -0.4 is 18.9 Å². The topological polar surface area (TPSA) is 84.2 Å². The molecule has 4 rings (SSSR count). The summed E-state index contributed by atoms with van der Waals surface area (Å²) in [4.78, 5) is 25.3. The van der Waals surface area contributed by atoms with Gasteiger partial charge in [-0.3, -0.25) is 4.79 Å². The summed E-state index contributed by atoms with van der Waals surface area (Å²) in [5, 5.41) is 0. The van der Waals surface area contributed by atoms with E-state index in [1.807, 2.05) is 6.92 Å². The Morgan fingerprint density at radius 1 is 0.935 bits per heavy atom. The number of carbonyl (C=O) groups excluding carboxylic acids is 2. The molecule has 0 aliphatic carbocycles. The van der Waals surface area contributed by atoms with Crippen molar-refractivity contribution in [1.82, 2.24) is 0 Å². The number of benzene rings is 2. The maximum Gasteiger partial charge on any atom is 0.343 e. The van der Waals surface area contributed by atoms with Gasteiger partial charge in [0.05, 0.1) is 25.3 Å². The van der Waals surface area contributed by atoms with Crippen LogP contribution in [0.1, 0.15) is 37.8 Å². The van der Waals surface area contributed by atoms with E-state index in [-0.39, 0.29) is 11.5 Å². The van der Waals surface area contributed by atoms with Gasteiger partial charge >= 0.3 is 5.97 Å². The zero-order valence-electron chi connectivity index (χ0n) is 17.5. The van der Waals surface area contributed by atoms with Crippen molar-refractivity contribution in [3.05, 3.63) is 76.4 Å². The summed E-state index contributed by atoms with van der Waals surface area (Å²) in [6.45, 7) is 3.54. The molecule has 1 aliphatic heterocycles. The molecule has 0 spiro atoms.